The van der Waals surface area contributed by atoms with Crippen molar-refractivity contribution in [2.75, 3.05) is 0 Å². The molecule has 0 bridgehead atoms. The Bertz CT molecular complexity index is 2220. The summed E-state index contributed by atoms with van der Waals surface area (Å²) in [5.74, 6) is 2.74. The second-order valence-corrected chi connectivity index (χ2v) is 18.3. The highest BCUT2D eigenvalue weighted by molar-refractivity contribution is 5.89. The second kappa shape index (κ2) is 13.1. The van der Waals surface area contributed by atoms with Gasteiger partial charge in [0.2, 0.25) is 0 Å². The fourth-order valence-corrected chi connectivity index (χ4v) is 13.8. The molecular weight excluding hydrogens is 663 g/mol. The molecule has 0 N–H and O–H groups in total. The molecular formula is C54H55N. The van der Waals surface area contributed by atoms with Crippen LogP contribution >= 0.6 is 0 Å². The maximum Gasteiger partial charge on any atom is 0.0545 e. The van der Waals surface area contributed by atoms with Crippen LogP contribution in [0, 0.1) is 17.8 Å². The molecule has 0 aliphatic heterocycles. The summed E-state index contributed by atoms with van der Waals surface area (Å²) in [6, 6.07) is 24.3. The van der Waals surface area contributed by atoms with Gasteiger partial charge < -0.3 is 4.90 Å². The Morgan fingerprint density at radius 3 is 2.02 bits per heavy atom. The lowest BCUT2D eigenvalue weighted by Crippen LogP contribution is -2.49. The maximum absolute atomic E-state index is 2.98. The standard InChI is InChI=1S/C54H55N/c1-5-16-34(17-6-1)48-38-24-13-14-25-39(38)49(35-18-7-2-8-19-35)54-46-31-29-43-41-32-33-47(55(36-20-9-3-10-21-36)37-22-11-4-12-23-37)44-27-15-26-40(50(41)44)42-28-30-45(53(48)54)52(46)51(42)43/h1-3,5-9,15-19,22,26,29,32-33,36,40,42,44-47H,4,10-14,20-21,23-25,27-28,30-31H2. The van der Waals surface area contributed by atoms with E-state index in [-0.39, 0.29) is 0 Å². The molecule has 12 rings (SSSR count). The smallest absolute Gasteiger partial charge is 0.0545 e. The molecule has 0 amide bonds. The summed E-state index contributed by atoms with van der Waals surface area (Å²) < 4.78 is 0. The van der Waals surface area contributed by atoms with Gasteiger partial charge in [-0.1, -0.05) is 115 Å². The van der Waals surface area contributed by atoms with Crippen molar-refractivity contribution >= 4 is 0 Å². The fraction of sp³-hybridized carbons (Fsp3) is 0.407. The van der Waals surface area contributed by atoms with Gasteiger partial charge in [-0.15, -0.1) is 0 Å². The number of nitrogens with zero attached hydrogens (tertiary/aromatic N) is 1. The lowest BCUT2D eigenvalue weighted by molar-refractivity contribution is 0.148. The molecule has 0 spiro atoms. The van der Waals surface area contributed by atoms with Crippen molar-refractivity contribution in [1.82, 2.24) is 4.90 Å². The Hall–Kier alpha value is -4.36. The number of benzene rings is 3. The Kier molecular flexibility index (Phi) is 7.83. The monoisotopic (exact) mass is 717 g/mol. The molecule has 0 saturated heterocycles. The van der Waals surface area contributed by atoms with E-state index in [0.29, 0.717) is 41.7 Å². The van der Waals surface area contributed by atoms with Crippen LogP contribution in [-0.4, -0.2) is 17.0 Å². The molecule has 3 aromatic rings. The molecule has 7 atom stereocenters. The van der Waals surface area contributed by atoms with E-state index < -0.39 is 0 Å². The van der Waals surface area contributed by atoms with Gasteiger partial charge in [0.05, 0.1) is 6.04 Å². The average molecular weight is 718 g/mol. The summed E-state index contributed by atoms with van der Waals surface area (Å²) in [7, 11) is 0. The summed E-state index contributed by atoms with van der Waals surface area (Å²) >= 11 is 0. The molecule has 55 heavy (non-hydrogen) atoms. The van der Waals surface area contributed by atoms with Crippen LogP contribution < -0.4 is 0 Å². The summed E-state index contributed by atoms with van der Waals surface area (Å²) in [5.41, 5.74) is 23.3. The zero-order chi connectivity index (χ0) is 36.0. The highest BCUT2D eigenvalue weighted by atomic mass is 15.2. The Morgan fingerprint density at radius 2 is 1.31 bits per heavy atom. The van der Waals surface area contributed by atoms with Crippen LogP contribution in [0.1, 0.15) is 118 Å². The predicted molar refractivity (Wildman–Crippen MR) is 228 cm³/mol. The molecule has 0 heterocycles. The van der Waals surface area contributed by atoms with Gasteiger partial charge in [0, 0.05) is 35.4 Å². The third kappa shape index (κ3) is 4.90. The molecule has 0 fully saturated rings. The van der Waals surface area contributed by atoms with Gasteiger partial charge in [-0.2, -0.15) is 0 Å². The normalized spacial score (nSPS) is 30.9. The van der Waals surface area contributed by atoms with Crippen molar-refractivity contribution in [3.8, 4) is 22.3 Å². The highest BCUT2D eigenvalue weighted by Crippen LogP contribution is 2.67. The third-order valence-corrected chi connectivity index (χ3v) is 15.7. The van der Waals surface area contributed by atoms with E-state index in [1.54, 1.807) is 61.4 Å². The van der Waals surface area contributed by atoms with Crippen molar-refractivity contribution in [3.63, 3.8) is 0 Å². The van der Waals surface area contributed by atoms with Gasteiger partial charge in [-0.3, -0.25) is 0 Å². The second-order valence-electron chi connectivity index (χ2n) is 18.3. The predicted octanol–water partition coefficient (Wildman–Crippen LogP) is 13.4. The maximum atomic E-state index is 2.98. The van der Waals surface area contributed by atoms with Gasteiger partial charge in [0.1, 0.15) is 0 Å². The number of allylic oxidation sites excluding steroid dienone is 11. The highest BCUT2D eigenvalue weighted by Gasteiger charge is 2.53. The summed E-state index contributed by atoms with van der Waals surface area (Å²) in [6.45, 7) is 0. The molecule has 3 aromatic carbocycles. The van der Waals surface area contributed by atoms with Gasteiger partial charge >= 0.3 is 0 Å². The topological polar surface area (TPSA) is 3.24 Å². The molecule has 0 saturated carbocycles. The Morgan fingerprint density at radius 1 is 0.564 bits per heavy atom. The summed E-state index contributed by atoms with van der Waals surface area (Å²) in [4.78, 5) is 2.98. The minimum atomic E-state index is 0.471. The SMILES string of the molecule is C1=CCC(N(C2=CCCCC2)C2C=CC3=C4C(C=CCC42)C2CCC4C5=C2C3=CCC5c2c(-c3ccccc3)c3c(c(-c5ccccc5)c24)CCCC3)CC1. The molecule has 276 valence electrons. The van der Waals surface area contributed by atoms with E-state index in [4.69, 9.17) is 0 Å². The van der Waals surface area contributed by atoms with Crippen LogP contribution in [0.4, 0.5) is 0 Å². The van der Waals surface area contributed by atoms with Crippen molar-refractivity contribution in [3.05, 3.63) is 165 Å². The largest absolute Gasteiger partial charge is 0.365 e. The van der Waals surface area contributed by atoms with E-state index in [1.807, 2.05) is 5.57 Å². The van der Waals surface area contributed by atoms with E-state index in [1.165, 1.54) is 101 Å². The molecule has 1 heteroatoms. The summed E-state index contributed by atoms with van der Waals surface area (Å²) in [6.07, 6.45) is 39.9. The molecule has 9 aliphatic rings. The first-order chi connectivity index (χ1) is 27.3. The Balaban J connectivity index is 1.03. The van der Waals surface area contributed by atoms with Crippen LogP contribution in [0.3, 0.4) is 0 Å². The van der Waals surface area contributed by atoms with Crippen LogP contribution in [0.25, 0.3) is 22.3 Å². The zero-order valence-corrected chi connectivity index (χ0v) is 32.5. The average Bonchev–Trinajstić information content (AvgIpc) is 3.59. The van der Waals surface area contributed by atoms with Gasteiger partial charge in [-0.25, -0.2) is 0 Å². The molecule has 7 unspecified atom stereocenters. The van der Waals surface area contributed by atoms with E-state index in [9.17, 15) is 0 Å². The van der Waals surface area contributed by atoms with Gasteiger partial charge in [0.25, 0.3) is 0 Å². The van der Waals surface area contributed by atoms with Crippen LogP contribution in [-0.2, 0) is 12.8 Å². The zero-order valence-electron chi connectivity index (χ0n) is 32.5. The van der Waals surface area contributed by atoms with Crippen molar-refractivity contribution in [2.45, 2.75) is 120 Å². The number of hydrogen-bond acceptors (Lipinski definition) is 1. The molecule has 0 aromatic heterocycles. The van der Waals surface area contributed by atoms with Crippen LogP contribution in [0.5, 0.6) is 0 Å². The van der Waals surface area contributed by atoms with E-state index in [0.717, 1.165) is 6.42 Å². The van der Waals surface area contributed by atoms with Crippen LogP contribution in [0.15, 0.2) is 143 Å². The quantitative estimate of drug-likeness (QED) is 0.238. The minimum absolute atomic E-state index is 0.471. The van der Waals surface area contributed by atoms with Crippen LogP contribution in [0.2, 0.25) is 0 Å². The minimum Gasteiger partial charge on any atom is -0.365 e. The number of hydrogen-bond donors (Lipinski definition) is 0. The molecule has 9 aliphatic carbocycles. The van der Waals surface area contributed by atoms with Gasteiger partial charge in [-0.05, 0) is 169 Å². The van der Waals surface area contributed by atoms with E-state index >= 15 is 0 Å². The Labute approximate surface area is 329 Å². The van der Waals surface area contributed by atoms with E-state index in [2.05, 4.69) is 114 Å². The van der Waals surface area contributed by atoms with Crippen molar-refractivity contribution < 1.29 is 0 Å². The number of fused-ring (bicyclic) bond motifs is 6. The van der Waals surface area contributed by atoms with Crippen molar-refractivity contribution in [1.29, 1.82) is 0 Å². The lowest BCUT2D eigenvalue weighted by atomic mass is 9.55. The fourth-order valence-electron chi connectivity index (χ4n) is 13.8. The van der Waals surface area contributed by atoms with Crippen molar-refractivity contribution in [2.24, 2.45) is 17.8 Å². The first-order valence-corrected chi connectivity index (χ1v) is 22.3. The number of rotatable bonds is 5. The third-order valence-electron chi connectivity index (χ3n) is 15.7. The first kappa shape index (κ1) is 32.8. The lowest BCUT2D eigenvalue weighted by Gasteiger charge is -2.53. The molecule has 0 radical (unpaired) electrons. The first-order valence-electron chi connectivity index (χ1n) is 22.3. The molecule has 1 nitrogen and oxygen atoms in total. The van der Waals surface area contributed by atoms with Gasteiger partial charge in [0.15, 0.2) is 0 Å². The summed E-state index contributed by atoms with van der Waals surface area (Å²) in [5, 5.41) is 0.